The maximum Gasteiger partial charge on any atom is 0.222 e. The normalized spacial score (nSPS) is 16.3. The third kappa shape index (κ3) is 3.63. The molecule has 0 radical (unpaired) electrons. The molecule has 0 bridgehead atoms. The molecule has 1 aliphatic rings. The topological polar surface area (TPSA) is 102 Å². The highest BCUT2D eigenvalue weighted by Gasteiger charge is 2.25. The molecule has 1 aliphatic heterocycles. The van der Waals surface area contributed by atoms with Crippen molar-refractivity contribution in [2.45, 2.75) is 6.92 Å². The number of nitrogen functional groups attached to an aromatic ring is 1. The second-order valence-corrected chi connectivity index (χ2v) is 7.80. The Hall–Kier alpha value is -2.66. The van der Waals surface area contributed by atoms with E-state index in [9.17, 15) is 8.42 Å². The number of hydrogen-bond acceptors (Lipinski definition) is 7. The Balaban J connectivity index is 1.99. The van der Waals surface area contributed by atoms with Crippen molar-refractivity contribution in [2.24, 2.45) is 0 Å². The zero-order valence-electron chi connectivity index (χ0n) is 13.2. The molecule has 0 saturated carbocycles. The molecule has 7 nitrogen and oxygen atoms in total. The second-order valence-electron chi connectivity index (χ2n) is 5.50. The van der Waals surface area contributed by atoms with E-state index in [1.165, 1.54) is 0 Å². The quantitative estimate of drug-likeness (QED) is 0.748. The molecule has 124 valence electrons. The Bertz CT molecular complexity index is 903. The number of aromatic nitrogens is 3. The molecule has 0 amide bonds. The molecule has 2 aromatic rings. The fourth-order valence-corrected chi connectivity index (χ4v) is 3.65. The van der Waals surface area contributed by atoms with Crippen molar-refractivity contribution >= 4 is 21.6 Å². The minimum Gasteiger partial charge on any atom is -0.368 e. The van der Waals surface area contributed by atoms with E-state index in [1.54, 1.807) is 12.4 Å². The molecule has 1 fully saturated rings. The molecule has 0 spiro atoms. The van der Waals surface area contributed by atoms with Gasteiger partial charge in [0.15, 0.2) is 9.84 Å². The third-order valence-corrected chi connectivity index (χ3v) is 5.33. The van der Waals surface area contributed by atoms with Crippen LogP contribution < -0.4 is 10.6 Å². The van der Waals surface area contributed by atoms with Crippen LogP contribution in [0.3, 0.4) is 0 Å². The summed E-state index contributed by atoms with van der Waals surface area (Å²) >= 11 is 0. The number of sulfone groups is 1. The van der Waals surface area contributed by atoms with Gasteiger partial charge in [0.05, 0.1) is 22.8 Å². The van der Waals surface area contributed by atoms with E-state index >= 15 is 0 Å². The molecule has 0 unspecified atom stereocenters. The molecule has 8 heteroatoms. The molecule has 0 aliphatic carbocycles. The van der Waals surface area contributed by atoms with E-state index in [0.717, 1.165) is 5.56 Å². The standard InChI is InChI=1S/C16H17N5O2S/c1-12-14(5-4-13-3-2-6-18-11-13)15(20-16(17)19-12)21-7-9-24(22,23)10-8-21/h2-3,6,11H,7-10H2,1H3,(H2,17,19,20). The van der Waals surface area contributed by atoms with Gasteiger partial charge in [-0.2, -0.15) is 4.98 Å². The van der Waals surface area contributed by atoms with Crippen LogP contribution >= 0.6 is 0 Å². The first-order valence-corrected chi connectivity index (χ1v) is 9.28. The third-order valence-electron chi connectivity index (χ3n) is 3.73. The average molecular weight is 343 g/mol. The lowest BCUT2D eigenvalue weighted by Gasteiger charge is -2.28. The Morgan fingerprint density at radius 2 is 1.96 bits per heavy atom. The zero-order valence-corrected chi connectivity index (χ0v) is 14.0. The summed E-state index contributed by atoms with van der Waals surface area (Å²) in [6.07, 6.45) is 3.36. The fraction of sp³-hybridized carbons (Fsp3) is 0.312. The van der Waals surface area contributed by atoms with Crippen molar-refractivity contribution in [3.05, 3.63) is 41.3 Å². The van der Waals surface area contributed by atoms with Gasteiger partial charge in [0.2, 0.25) is 5.95 Å². The summed E-state index contributed by atoms with van der Waals surface area (Å²) in [5.74, 6) is 7.07. The summed E-state index contributed by atoms with van der Waals surface area (Å²) in [5.41, 5.74) is 7.88. The predicted molar refractivity (Wildman–Crippen MR) is 92.3 cm³/mol. The van der Waals surface area contributed by atoms with Crippen molar-refractivity contribution in [2.75, 3.05) is 35.2 Å². The van der Waals surface area contributed by atoms with Gasteiger partial charge in [-0.15, -0.1) is 0 Å². The summed E-state index contributed by atoms with van der Waals surface area (Å²) in [7, 11) is -2.97. The van der Waals surface area contributed by atoms with Crippen LogP contribution in [0.25, 0.3) is 0 Å². The van der Waals surface area contributed by atoms with Gasteiger partial charge in [-0.1, -0.05) is 11.8 Å². The predicted octanol–water partition coefficient (Wildman–Crippen LogP) is 0.397. The maximum atomic E-state index is 11.6. The van der Waals surface area contributed by atoms with E-state index < -0.39 is 9.84 Å². The number of anilines is 2. The van der Waals surface area contributed by atoms with E-state index in [4.69, 9.17) is 5.73 Å². The summed E-state index contributed by atoms with van der Waals surface area (Å²) in [6.45, 7) is 2.56. The Labute approximate surface area is 140 Å². The largest absolute Gasteiger partial charge is 0.368 e. The van der Waals surface area contributed by atoms with Crippen molar-refractivity contribution in [3.8, 4) is 11.8 Å². The van der Waals surface area contributed by atoms with Crippen molar-refractivity contribution in [3.63, 3.8) is 0 Å². The maximum absolute atomic E-state index is 11.6. The molecule has 2 aromatic heterocycles. The van der Waals surface area contributed by atoms with Gasteiger partial charge in [-0.05, 0) is 19.1 Å². The lowest BCUT2D eigenvalue weighted by molar-refractivity contribution is 0.586. The van der Waals surface area contributed by atoms with Crippen LogP contribution in [-0.4, -0.2) is 48.0 Å². The van der Waals surface area contributed by atoms with Crippen LogP contribution in [-0.2, 0) is 9.84 Å². The second kappa shape index (κ2) is 6.45. The highest BCUT2D eigenvalue weighted by molar-refractivity contribution is 7.91. The smallest absolute Gasteiger partial charge is 0.222 e. The van der Waals surface area contributed by atoms with Gasteiger partial charge < -0.3 is 10.6 Å². The molecular weight excluding hydrogens is 326 g/mol. The SMILES string of the molecule is Cc1nc(N)nc(N2CCS(=O)(=O)CC2)c1C#Cc1cccnc1. The van der Waals surface area contributed by atoms with Gasteiger partial charge in [0.1, 0.15) is 5.82 Å². The van der Waals surface area contributed by atoms with E-state index in [2.05, 4.69) is 26.8 Å². The highest BCUT2D eigenvalue weighted by Crippen LogP contribution is 2.22. The van der Waals surface area contributed by atoms with Gasteiger partial charge in [0.25, 0.3) is 0 Å². The molecule has 24 heavy (non-hydrogen) atoms. The van der Waals surface area contributed by atoms with Crippen molar-refractivity contribution < 1.29 is 8.42 Å². The number of aryl methyl sites for hydroxylation is 1. The van der Waals surface area contributed by atoms with Crippen LogP contribution in [0.4, 0.5) is 11.8 Å². The van der Waals surface area contributed by atoms with Crippen LogP contribution in [0, 0.1) is 18.8 Å². The molecule has 2 N–H and O–H groups in total. The summed E-state index contributed by atoms with van der Waals surface area (Å²) < 4.78 is 23.3. The van der Waals surface area contributed by atoms with Crippen LogP contribution in [0.2, 0.25) is 0 Å². The van der Waals surface area contributed by atoms with E-state index in [-0.39, 0.29) is 17.5 Å². The first-order chi connectivity index (χ1) is 11.4. The molecule has 1 saturated heterocycles. The van der Waals surface area contributed by atoms with Crippen LogP contribution in [0.1, 0.15) is 16.8 Å². The molecule has 3 heterocycles. The van der Waals surface area contributed by atoms with Crippen molar-refractivity contribution in [1.29, 1.82) is 0 Å². The van der Waals surface area contributed by atoms with Crippen LogP contribution in [0.5, 0.6) is 0 Å². The summed E-state index contributed by atoms with van der Waals surface area (Å²) in [6, 6.07) is 3.67. The number of rotatable bonds is 1. The van der Waals surface area contributed by atoms with E-state index in [0.29, 0.717) is 30.2 Å². The number of nitrogens with zero attached hydrogens (tertiary/aromatic N) is 4. The first-order valence-electron chi connectivity index (χ1n) is 7.46. The zero-order chi connectivity index (χ0) is 17.2. The van der Waals surface area contributed by atoms with E-state index in [1.807, 2.05) is 24.0 Å². The molecular formula is C16H17N5O2S. The molecule has 0 aromatic carbocycles. The number of nitrogens with two attached hydrogens (primary N) is 1. The lowest BCUT2D eigenvalue weighted by atomic mass is 10.2. The minimum absolute atomic E-state index is 0.103. The minimum atomic E-state index is -2.97. The summed E-state index contributed by atoms with van der Waals surface area (Å²) in [5, 5.41) is 0. The Kier molecular flexibility index (Phi) is 4.36. The van der Waals surface area contributed by atoms with Gasteiger partial charge >= 0.3 is 0 Å². The monoisotopic (exact) mass is 343 g/mol. The lowest BCUT2D eigenvalue weighted by Crippen LogP contribution is -2.41. The molecule has 3 rings (SSSR count). The Morgan fingerprint density at radius 1 is 1.21 bits per heavy atom. The highest BCUT2D eigenvalue weighted by atomic mass is 32.2. The van der Waals surface area contributed by atoms with Crippen LogP contribution in [0.15, 0.2) is 24.5 Å². The Morgan fingerprint density at radius 3 is 2.62 bits per heavy atom. The van der Waals surface area contributed by atoms with Crippen molar-refractivity contribution in [1.82, 2.24) is 15.0 Å². The average Bonchev–Trinajstić information content (AvgIpc) is 2.54. The fourth-order valence-electron chi connectivity index (χ4n) is 2.45. The molecule has 0 atom stereocenters. The first kappa shape index (κ1) is 16.2. The van der Waals surface area contributed by atoms with Gasteiger partial charge in [0, 0.05) is 31.0 Å². The number of pyridine rings is 1. The van der Waals surface area contributed by atoms with Gasteiger partial charge in [-0.25, -0.2) is 13.4 Å². The van der Waals surface area contributed by atoms with Gasteiger partial charge in [-0.3, -0.25) is 4.98 Å². The number of hydrogen-bond donors (Lipinski definition) is 1. The summed E-state index contributed by atoms with van der Waals surface area (Å²) in [4.78, 5) is 14.4.